The molecule has 2 aliphatic rings. The summed E-state index contributed by atoms with van der Waals surface area (Å²) in [6, 6.07) is 11.3. The zero-order valence-electron chi connectivity index (χ0n) is 15.9. The molecule has 2 amide bonds. The van der Waals surface area contributed by atoms with Crippen molar-refractivity contribution < 1.29 is 19.1 Å². The van der Waals surface area contributed by atoms with Gasteiger partial charge in [0.05, 0.1) is 19.3 Å². The monoisotopic (exact) mass is 381 g/mol. The molecular formula is C21H23N3O4. The average molecular weight is 381 g/mol. The predicted molar refractivity (Wildman–Crippen MR) is 103 cm³/mol. The first-order chi connectivity index (χ1) is 13.6. The Kier molecular flexibility index (Phi) is 5.14. The quantitative estimate of drug-likeness (QED) is 0.811. The third-order valence-corrected chi connectivity index (χ3v) is 5.13. The summed E-state index contributed by atoms with van der Waals surface area (Å²) in [7, 11) is 1.62. The number of hydrogen-bond acceptors (Lipinski definition) is 5. The number of carbonyl (C=O) groups is 2. The highest BCUT2D eigenvalue weighted by molar-refractivity contribution is 5.86. The Labute approximate surface area is 163 Å². The number of pyridine rings is 1. The van der Waals surface area contributed by atoms with Crippen LogP contribution in [0.15, 0.2) is 36.4 Å². The van der Waals surface area contributed by atoms with Gasteiger partial charge in [-0.3, -0.25) is 9.59 Å². The highest BCUT2D eigenvalue weighted by Crippen LogP contribution is 2.28. The molecule has 3 heterocycles. The van der Waals surface area contributed by atoms with Gasteiger partial charge in [0.15, 0.2) is 6.61 Å². The first kappa shape index (κ1) is 18.3. The molecule has 0 saturated carbocycles. The van der Waals surface area contributed by atoms with E-state index in [9.17, 15) is 9.59 Å². The number of fused-ring (bicyclic) bond motifs is 1. The number of nitrogens with zero attached hydrogens (tertiary/aromatic N) is 3. The molecule has 1 fully saturated rings. The fourth-order valence-electron chi connectivity index (χ4n) is 3.55. The van der Waals surface area contributed by atoms with Gasteiger partial charge in [0, 0.05) is 18.7 Å². The number of likely N-dealkylation sites (tertiary alicyclic amines) is 1. The molecule has 1 aromatic heterocycles. The molecule has 2 aliphatic heterocycles. The van der Waals surface area contributed by atoms with Crippen LogP contribution in [0, 0.1) is 0 Å². The minimum absolute atomic E-state index is 0.0155. The Morgan fingerprint density at radius 2 is 2.04 bits per heavy atom. The number of methoxy groups -OCH3 is 1. The SMILES string of the molecule is COc1cccc(-c2ccc3c(n2)CN(CC(=O)N2CCCC2)C(=O)CO3)c1. The fraction of sp³-hybridized carbons (Fsp3) is 0.381. The first-order valence-corrected chi connectivity index (χ1v) is 9.47. The summed E-state index contributed by atoms with van der Waals surface area (Å²) in [6.45, 7) is 1.77. The van der Waals surface area contributed by atoms with Crippen LogP contribution in [0.3, 0.4) is 0 Å². The fourth-order valence-corrected chi connectivity index (χ4v) is 3.55. The van der Waals surface area contributed by atoms with E-state index in [-0.39, 0.29) is 31.5 Å². The van der Waals surface area contributed by atoms with Gasteiger partial charge < -0.3 is 19.3 Å². The first-order valence-electron chi connectivity index (χ1n) is 9.47. The van der Waals surface area contributed by atoms with Gasteiger partial charge in [0.25, 0.3) is 5.91 Å². The molecule has 0 spiro atoms. The van der Waals surface area contributed by atoms with Crippen molar-refractivity contribution >= 4 is 11.8 Å². The number of benzene rings is 1. The number of carbonyl (C=O) groups excluding carboxylic acids is 2. The molecule has 0 atom stereocenters. The van der Waals surface area contributed by atoms with Crippen molar-refractivity contribution in [2.24, 2.45) is 0 Å². The molecule has 0 bridgehead atoms. The van der Waals surface area contributed by atoms with Crippen LogP contribution in [0.5, 0.6) is 11.5 Å². The van der Waals surface area contributed by atoms with Gasteiger partial charge in [-0.15, -0.1) is 0 Å². The van der Waals surface area contributed by atoms with E-state index in [1.165, 1.54) is 4.90 Å². The van der Waals surface area contributed by atoms with Crippen LogP contribution in [-0.4, -0.2) is 59.9 Å². The van der Waals surface area contributed by atoms with Crippen LogP contribution < -0.4 is 9.47 Å². The lowest BCUT2D eigenvalue weighted by Gasteiger charge is -2.23. The maximum atomic E-state index is 12.5. The molecule has 1 saturated heterocycles. The van der Waals surface area contributed by atoms with Crippen molar-refractivity contribution in [1.82, 2.24) is 14.8 Å². The van der Waals surface area contributed by atoms with Gasteiger partial charge in [-0.1, -0.05) is 12.1 Å². The molecule has 4 rings (SSSR count). The van der Waals surface area contributed by atoms with Crippen LogP contribution in [0.25, 0.3) is 11.3 Å². The summed E-state index contributed by atoms with van der Waals surface area (Å²) >= 11 is 0. The molecule has 0 unspecified atom stereocenters. The maximum absolute atomic E-state index is 12.5. The predicted octanol–water partition coefficient (Wildman–Crippen LogP) is 2.10. The molecule has 0 aliphatic carbocycles. The van der Waals surface area contributed by atoms with Crippen molar-refractivity contribution in [3.63, 3.8) is 0 Å². The summed E-state index contributed by atoms with van der Waals surface area (Å²) in [6.07, 6.45) is 2.05. The van der Waals surface area contributed by atoms with Crippen molar-refractivity contribution in [1.29, 1.82) is 0 Å². The second kappa shape index (κ2) is 7.88. The average Bonchev–Trinajstić information content (AvgIpc) is 3.22. The lowest BCUT2D eigenvalue weighted by Crippen LogP contribution is -2.42. The zero-order valence-corrected chi connectivity index (χ0v) is 15.9. The third-order valence-electron chi connectivity index (χ3n) is 5.13. The Morgan fingerprint density at radius 1 is 1.21 bits per heavy atom. The highest BCUT2D eigenvalue weighted by atomic mass is 16.5. The zero-order chi connectivity index (χ0) is 19.5. The topological polar surface area (TPSA) is 72.0 Å². The van der Waals surface area contributed by atoms with Gasteiger partial charge in [-0.2, -0.15) is 0 Å². The normalized spacial score (nSPS) is 16.4. The van der Waals surface area contributed by atoms with Gasteiger partial charge >= 0.3 is 0 Å². The molecule has 1 aromatic carbocycles. The number of ether oxygens (including phenoxy) is 2. The molecule has 28 heavy (non-hydrogen) atoms. The number of aromatic nitrogens is 1. The highest BCUT2D eigenvalue weighted by Gasteiger charge is 2.27. The molecule has 7 heteroatoms. The van der Waals surface area contributed by atoms with Crippen LogP contribution in [0.1, 0.15) is 18.5 Å². The number of hydrogen-bond donors (Lipinski definition) is 0. The number of amides is 2. The second-order valence-electron chi connectivity index (χ2n) is 7.00. The molecule has 146 valence electrons. The largest absolute Gasteiger partial charge is 0.497 e. The molecule has 7 nitrogen and oxygen atoms in total. The van der Waals surface area contributed by atoms with E-state index < -0.39 is 0 Å². The Morgan fingerprint density at radius 3 is 2.82 bits per heavy atom. The standard InChI is InChI=1S/C21H23N3O4/c1-27-16-6-4-5-15(11-16)17-7-8-19-18(22-17)12-24(21(26)14-28-19)13-20(25)23-9-2-3-10-23/h4-8,11H,2-3,9-10,12-14H2,1H3. The number of rotatable bonds is 4. The van der Waals surface area contributed by atoms with E-state index in [0.29, 0.717) is 11.4 Å². The summed E-state index contributed by atoms with van der Waals surface area (Å²) < 4.78 is 10.9. The second-order valence-corrected chi connectivity index (χ2v) is 7.00. The molecular weight excluding hydrogens is 358 g/mol. The van der Waals surface area contributed by atoms with Crippen LogP contribution >= 0.6 is 0 Å². The summed E-state index contributed by atoms with van der Waals surface area (Å²) in [5.74, 6) is 1.11. The lowest BCUT2D eigenvalue weighted by atomic mass is 10.1. The molecule has 2 aromatic rings. The van der Waals surface area contributed by atoms with Gasteiger partial charge in [-0.25, -0.2) is 4.98 Å². The van der Waals surface area contributed by atoms with Crippen LogP contribution in [0.4, 0.5) is 0 Å². The van der Waals surface area contributed by atoms with Crippen molar-refractivity contribution in [2.75, 3.05) is 33.4 Å². The van der Waals surface area contributed by atoms with Crippen LogP contribution in [0.2, 0.25) is 0 Å². The Hall–Kier alpha value is -3.09. The van der Waals surface area contributed by atoms with Crippen molar-refractivity contribution in [3.05, 3.63) is 42.1 Å². The minimum Gasteiger partial charge on any atom is -0.497 e. The van der Waals surface area contributed by atoms with Gasteiger partial charge in [0.2, 0.25) is 5.91 Å². The Balaban J connectivity index is 1.57. The van der Waals surface area contributed by atoms with Crippen molar-refractivity contribution in [2.45, 2.75) is 19.4 Å². The van der Waals surface area contributed by atoms with E-state index in [0.717, 1.165) is 42.9 Å². The Bertz CT molecular complexity index is 893. The van der Waals surface area contributed by atoms with Crippen LogP contribution in [-0.2, 0) is 16.1 Å². The van der Waals surface area contributed by atoms with E-state index in [4.69, 9.17) is 14.5 Å². The lowest BCUT2D eigenvalue weighted by molar-refractivity contribution is -0.141. The van der Waals surface area contributed by atoms with E-state index in [1.807, 2.05) is 41.3 Å². The smallest absolute Gasteiger partial charge is 0.261 e. The van der Waals surface area contributed by atoms with Gasteiger partial charge in [0.1, 0.15) is 23.7 Å². The van der Waals surface area contributed by atoms with E-state index in [1.54, 1.807) is 7.11 Å². The van der Waals surface area contributed by atoms with Crippen molar-refractivity contribution in [3.8, 4) is 22.8 Å². The van der Waals surface area contributed by atoms with E-state index >= 15 is 0 Å². The summed E-state index contributed by atoms with van der Waals surface area (Å²) in [5.41, 5.74) is 2.33. The summed E-state index contributed by atoms with van der Waals surface area (Å²) in [5, 5.41) is 0. The third kappa shape index (κ3) is 3.78. The molecule has 0 N–H and O–H groups in total. The molecule has 0 radical (unpaired) electrons. The van der Waals surface area contributed by atoms with Gasteiger partial charge in [-0.05, 0) is 37.1 Å². The summed E-state index contributed by atoms with van der Waals surface area (Å²) in [4.78, 5) is 33.0. The maximum Gasteiger partial charge on any atom is 0.261 e. The minimum atomic E-state index is -0.200. The van der Waals surface area contributed by atoms with E-state index in [2.05, 4.69) is 0 Å².